The molecule has 0 aliphatic rings. The monoisotopic (exact) mass is 255 g/mol. The minimum Gasteiger partial charge on any atom is -0.366 e. The molecule has 17 heavy (non-hydrogen) atoms. The van der Waals surface area contributed by atoms with E-state index in [9.17, 15) is 4.79 Å². The van der Waals surface area contributed by atoms with Crippen LogP contribution in [0.25, 0.3) is 0 Å². The standard InChI is InChI=1S/C13H21NO2S/c1-9-6-7-11(17-9)10(2)14-12(15)8-16-13(3,4)5/h6-7,10H,8H2,1-5H3,(H,14,15). The van der Waals surface area contributed by atoms with Gasteiger partial charge in [-0.25, -0.2) is 0 Å². The predicted molar refractivity (Wildman–Crippen MR) is 71.3 cm³/mol. The maximum Gasteiger partial charge on any atom is 0.246 e. The molecule has 96 valence electrons. The molecule has 0 fully saturated rings. The molecule has 1 aromatic rings. The van der Waals surface area contributed by atoms with Gasteiger partial charge in [0.05, 0.1) is 11.6 Å². The molecule has 1 amide bonds. The molecule has 1 atom stereocenters. The fourth-order valence-electron chi connectivity index (χ4n) is 1.32. The zero-order chi connectivity index (χ0) is 13.1. The van der Waals surface area contributed by atoms with Gasteiger partial charge in [0.1, 0.15) is 6.61 Å². The highest BCUT2D eigenvalue weighted by molar-refractivity contribution is 7.12. The number of carbonyl (C=O) groups excluding carboxylic acids is 1. The summed E-state index contributed by atoms with van der Waals surface area (Å²) in [5, 5.41) is 2.93. The minimum atomic E-state index is -0.278. The molecule has 0 saturated heterocycles. The summed E-state index contributed by atoms with van der Waals surface area (Å²) in [5.74, 6) is -0.0709. The Labute approximate surface area is 107 Å². The Kier molecular flexibility index (Phi) is 4.71. The number of rotatable bonds is 4. The highest BCUT2D eigenvalue weighted by Crippen LogP contribution is 2.22. The van der Waals surface area contributed by atoms with Gasteiger partial charge in [-0.15, -0.1) is 11.3 Å². The SMILES string of the molecule is Cc1ccc(C(C)NC(=O)COC(C)(C)C)s1. The van der Waals surface area contributed by atoms with E-state index in [4.69, 9.17) is 4.74 Å². The lowest BCUT2D eigenvalue weighted by molar-refractivity contribution is -0.131. The van der Waals surface area contributed by atoms with Crippen LogP contribution in [0.3, 0.4) is 0 Å². The molecule has 0 spiro atoms. The van der Waals surface area contributed by atoms with Crippen molar-refractivity contribution in [3.8, 4) is 0 Å². The number of amides is 1. The van der Waals surface area contributed by atoms with Crippen LogP contribution in [-0.2, 0) is 9.53 Å². The van der Waals surface area contributed by atoms with Crippen LogP contribution in [0.5, 0.6) is 0 Å². The van der Waals surface area contributed by atoms with Gasteiger partial charge >= 0.3 is 0 Å². The van der Waals surface area contributed by atoms with Crippen LogP contribution in [-0.4, -0.2) is 18.1 Å². The first kappa shape index (κ1) is 14.2. The third-order valence-corrected chi connectivity index (χ3v) is 3.39. The first-order valence-corrected chi connectivity index (χ1v) is 6.59. The van der Waals surface area contributed by atoms with Crippen LogP contribution < -0.4 is 5.32 Å². The first-order chi connectivity index (χ1) is 7.78. The minimum absolute atomic E-state index is 0.0461. The van der Waals surface area contributed by atoms with E-state index in [2.05, 4.69) is 24.4 Å². The number of thiophene rings is 1. The van der Waals surface area contributed by atoms with Gasteiger partial charge in [0.25, 0.3) is 0 Å². The summed E-state index contributed by atoms with van der Waals surface area (Å²) < 4.78 is 5.42. The Morgan fingerprint density at radius 3 is 2.59 bits per heavy atom. The van der Waals surface area contributed by atoms with Crippen LogP contribution in [0, 0.1) is 6.92 Å². The molecule has 0 radical (unpaired) electrons. The maximum absolute atomic E-state index is 11.6. The molecule has 1 unspecified atom stereocenters. The average molecular weight is 255 g/mol. The van der Waals surface area contributed by atoms with Crippen molar-refractivity contribution in [2.75, 3.05) is 6.61 Å². The van der Waals surface area contributed by atoms with E-state index >= 15 is 0 Å². The lowest BCUT2D eigenvalue weighted by Crippen LogP contribution is -2.33. The lowest BCUT2D eigenvalue weighted by atomic mass is 10.2. The van der Waals surface area contributed by atoms with Crippen molar-refractivity contribution in [1.29, 1.82) is 0 Å². The van der Waals surface area contributed by atoms with Crippen molar-refractivity contribution in [2.24, 2.45) is 0 Å². The number of hydrogen-bond acceptors (Lipinski definition) is 3. The van der Waals surface area contributed by atoms with Crippen molar-refractivity contribution in [3.05, 3.63) is 21.9 Å². The van der Waals surface area contributed by atoms with Crippen LogP contribution in [0.4, 0.5) is 0 Å². The molecule has 4 heteroatoms. The van der Waals surface area contributed by atoms with Crippen LogP contribution >= 0.6 is 11.3 Å². The van der Waals surface area contributed by atoms with Gasteiger partial charge in [0, 0.05) is 9.75 Å². The number of nitrogens with one attached hydrogen (secondary N) is 1. The molecule has 0 bridgehead atoms. The van der Waals surface area contributed by atoms with E-state index in [0.717, 1.165) is 0 Å². The predicted octanol–water partition coefficient (Wildman–Crippen LogP) is 3.05. The lowest BCUT2D eigenvalue weighted by Gasteiger charge is -2.20. The molecule has 1 aromatic heterocycles. The Hall–Kier alpha value is -0.870. The summed E-state index contributed by atoms with van der Waals surface area (Å²) in [7, 11) is 0. The van der Waals surface area contributed by atoms with Gasteiger partial charge in [-0.05, 0) is 46.8 Å². The van der Waals surface area contributed by atoms with E-state index in [1.807, 2.05) is 27.7 Å². The quantitative estimate of drug-likeness (QED) is 0.898. The van der Waals surface area contributed by atoms with Crippen molar-refractivity contribution in [2.45, 2.75) is 46.3 Å². The highest BCUT2D eigenvalue weighted by atomic mass is 32.1. The summed E-state index contributed by atoms with van der Waals surface area (Å²) in [5.41, 5.74) is -0.278. The molecule has 3 nitrogen and oxygen atoms in total. The van der Waals surface area contributed by atoms with Crippen molar-refractivity contribution in [1.82, 2.24) is 5.32 Å². The van der Waals surface area contributed by atoms with E-state index in [-0.39, 0.29) is 24.2 Å². The Balaban J connectivity index is 2.41. The van der Waals surface area contributed by atoms with Gasteiger partial charge in [0.15, 0.2) is 0 Å². The normalized spacial score (nSPS) is 13.5. The molecule has 0 aliphatic carbocycles. The first-order valence-electron chi connectivity index (χ1n) is 5.77. The summed E-state index contributed by atoms with van der Waals surface area (Å²) in [4.78, 5) is 14.1. The van der Waals surface area contributed by atoms with Gasteiger partial charge in [-0.3, -0.25) is 4.79 Å². The molecule has 0 aliphatic heterocycles. The summed E-state index contributed by atoms with van der Waals surface area (Å²) in [6.07, 6.45) is 0. The zero-order valence-electron chi connectivity index (χ0n) is 11.2. The summed E-state index contributed by atoms with van der Waals surface area (Å²) in [6, 6.07) is 4.16. The van der Waals surface area contributed by atoms with Crippen molar-refractivity contribution in [3.63, 3.8) is 0 Å². The Morgan fingerprint density at radius 1 is 1.47 bits per heavy atom. The van der Waals surface area contributed by atoms with Gasteiger partial charge in [-0.1, -0.05) is 0 Å². The second-order valence-electron chi connectivity index (χ2n) is 5.14. The van der Waals surface area contributed by atoms with E-state index in [1.54, 1.807) is 11.3 Å². The van der Waals surface area contributed by atoms with E-state index in [1.165, 1.54) is 9.75 Å². The molecule has 0 saturated carbocycles. The zero-order valence-corrected chi connectivity index (χ0v) is 12.0. The third-order valence-electron chi connectivity index (χ3n) is 2.20. The Morgan fingerprint density at radius 2 is 2.12 bits per heavy atom. The van der Waals surface area contributed by atoms with E-state index < -0.39 is 0 Å². The molecular weight excluding hydrogens is 234 g/mol. The highest BCUT2D eigenvalue weighted by Gasteiger charge is 2.15. The smallest absolute Gasteiger partial charge is 0.246 e. The third kappa shape index (κ3) is 5.33. The molecular formula is C13H21NO2S. The van der Waals surface area contributed by atoms with Crippen LogP contribution in [0.1, 0.15) is 43.5 Å². The van der Waals surface area contributed by atoms with Crippen molar-refractivity contribution < 1.29 is 9.53 Å². The number of carbonyl (C=O) groups is 1. The summed E-state index contributed by atoms with van der Waals surface area (Å²) >= 11 is 1.71. The second-order valence-corrected chi connectivity index (χ2v) is 6.46. The molecule has 1 rings (SSSR count). The largest absolute Gasteiger partial charge is 0.366 e. The van der Waals surface area contributed by atoms with Gasteiger partial charge in [-0.2, -0.15) is 0 Å². The molecule has 1 heterocycles. The van der Waals surface area contributed by atoms with Crippen molar-refractivity contribution >= 4 is 17.2 Å². The van der Waals surface area contributed by atoms with Crippen LogP contribution in [0.2, 0.25) is 0 Å². The maximum atomic E-state index is 11.6. The van der Waals surface area contributed by atoms with E-state index in [0.29, 0.717) is 0 Å². The Bertz CT molecular complexity index is 379. The molecule has 1 N–H and O–H groups in total. The summed E-state index contributed by atoms with van der Waals surface area (Å²) in [6.45, 7) is 9.97. The number of aryl methyl sites for hydroxylation is 1. The van der Waals surface area contributed by atoms with Gasteiger partial charge in [0.2, 0.25) is 5.91 Å². The number of ether oxygens (including phenoxy) is 1. The fraction of sp³-hybridized carbons (Fsp3) is 0.615. The molecule has 0 aromatic carbocycles. The van der Waals surface area contributed by atoms with Gasteiger partial charge < -0.3 is 10.1 Å². The topological polar surface area (TPSA) is 38.3 Å². The second kappa shape index (κ2) is 5.65. The van der Waals surface area contributed by atoms with Crippen LogP contribution in [0.15, 0.2) is 12.1 Å². The number of hydrogen-bond donors (Lipinski definition) is 1. The average Bonchev–Trinajstić information content (AvgIpc) is 2.61. The fourth-order valence-corrected chi connectivity index (χ4v) is 2.20.